The molecule has 3 N–H and O–H groups in total. The van der Waals surface area contributed by atoms with Crippen LogP contribution in [-0.4, -0.2) is 45.9 Å². The van der Waals surface area contributed by atoms with Crippen molar-refractivity contribution < 1.29 is 42.8 Å². The molecule has 178 valence electrons. The van der Waals surface area contributed by atoms with Crippen LogP contribution in [0, 0.1) is 0 Å². The van der Waals surface area contributed by atoms with E-state index in [0.717, 1.165) is 35.4 Å². The standard InChI is InChI=1S/C25H21F3O6/c26-25(27,28)18-12-10-16(11-13-18)21(22-19(29)20(30)24(32)34-22)33-23(31)17-8-6-15(7-9-17)14-4-2-1-3-5-14/h1-13,19-22,24,29-30,32H/t19-,20+,21?,22-,24?/m0/s1. The van der Waals surface area contributed by atoms with E-state index in [1.54, 1.807) is 12.1 Å². The van der Waals surface area contributed by atoms with Gasteiger partial charge in [0.15, 0.2) is 12.4 Å². The maximum absolute atomic E-state index is 13.0. The van der Waals surface area contributed by atoms with Gasteiger partial charge in [0.25, 0.3) is 0 Å². The van der Waals surface area contributed by atoms with Crippen LogP contribution in [0.2, 0.25) is 0 Å². The molecule has 6 nitrogen and oxygen atoms in total. The zero-order valence-electron chi connectivity index (χ0n) is 17.6. The number of carbonyl (C=O) groups is 1. The number of hydrogen-bond donors (Lipinski definition) is 3. The van der Waals surface area contributed by atoms with Crippen LogP contribution in [0.15, 0.2) is 78.9 Å². The molecule has 3 aromatic rings. The molecule has 34 heavy (non-hydrogen) atoms. The normalized spacial score (nSPS) is 23.5. The Labute approximate surface area is 192 Å². The minimum atomic E-state index is -4.57. The van der Waals surface area contributed by atoms with E-state index in [1.165, 1.54) is 12.1 Å². The minimum Gasteiger partial charge on any atom is -0.451 e. The largest absolute Gasteiger partial charge is 0.451 e. The molecule has 5 atom stereocenters. The number of aliphatic hydroxyl groups excluding tert-OH is 3. The van der Waals surface area contributed by atoms with Crippen LogP contribution in [-0.2, 0) is 15.7 Å². The first kappa shape index (κ1) is 23.9. The SMILES string of the molecule is O=C(OC(c1ccc(C(F)(F)F)cc1)[C@H]1OC(O)[C@H](O)[C@@H]1O)c1ccc(-c2ccccc2)cc1. The number of alkyl halides is 3. The van der Waals surface area contributed by atoms with Crippen molar-refractivity contribution in [3.8, 4) is 11.1 Å². The average Bonchev–Trinajstić information content (AvgIpc) is 3.09. The number of carbonyl (C=O) groups excluding carboxylic acids is 1. The Morgan fingerprint density at radius 1 is 0.824 bits per heavy atom. The van der Waals surface area contributed by atoms with E-state index < -0.39 is 48.4 Å². The predicted octanol–water partition coefficient (Wildman–Crippen LogP) is 3.71. The van der Waals surface area contributed by atoms with Crippen molar-refractivity contribution in [2.24, 2.45) is 0 Å². The number of hydrogen-bond acceptors (Lipinski definition) is 6. The van der Waals surface area contributed by atoms with Gasteiger partial charge >= 0.3 is 12.1 Å². The topological polar surface area (TPSA) is 96.2 Å². The van der Waals surface area contributed by atoms with E-state index in [1.807, 2.05) is 30.3 Å². The van der Waals surface area contributed by atoms with Crippen LogP contribution < -0.4 is 0 Å². The molecule has 2 unspecified atom stereocenters. The van der Waals surface area contributed by atoms with E-state index in [9.17, 15) is 33.3 Å². The number of rotatable bonds is 5. The second kappa shape index (κ2) is 9.55. The fourth-order valence-corrected chi connectivity index (χ4v) is 3.73. The first-order valence-electron chi connectivity index (χ1n) is 10.4. The lowest BCUT2D eigenvalue weighted by molar-refractivity contribution is -0.148. The van der Waals surface area contributed by atoms with Gasteiger partial charge in [-0.3, -0.25) is 0 Å². The molecule has 0 bridgehead atoms. The Bertz CT molecular complexity index is 1120. The summed E-state index contributed by atoms with van der Waals surface area (Å²) in [6, 6.07) is 19.7. The summed E-state index contributed by atoms with van der Waals surface area (Å²) in [7, 11) is 0. The predicted molar refractivity (Wildman–Crippen MR) is 114 cm³/mol. The van der Waals surface area contributed by atoms with E-state index in [0.29, 0.717) is 0 Å². The fourth-order valence-electron chi connectivity index (χ4n) is 3.73. The number of ether oxygens (including phenoxy) is 2. The molecule has 0 aromatic heterocycles. The molecule has 1 aliphatic heterocycles. The maximum atomic E-state index is 13.0. The van der Waals surface area contributed by atoms with Crippen molar-refractivity contribution in [3.05, 3.63) is 95.6 Å². The second-order valence-electron chi connectivity index (χ2n) is 7.86. The van der Waals surface area contributed by atoms with Gasteiger partial charge in [0.2, 0.25) is 0 Å². The highest BCUT2D eigenvalue weighted by Gasteiger charge is 2.47. The Kier molecular flexibility index (Phi) is 6.72. The number of aliphatic hydroxyl groups is 3. The minimum absolute atomic E-state index is 0.0904. The van der Waals surface area contributed by atoms with Crippen molar-refractivity contribution in [1.82, 2.24) is 0 Å². The third kappa shape index (κ3) is 4.97. The van der Waals surface area contributed by atoms with E-state index in [-0.39, 0.29) is 11.1 Å². The quantitative estimate of drug-likeness (QED) is 0.488. The van der Waals surface area contributed by atoms with Gasteiger partial charge in [-0.15, -0.1) is 0 Å². The van der Waals surface area contributed by atoms with E-state index in [2.05, 4.69) is 0 Å². The van der Waals surface area contributed by atoms with Gasteiger partial charge in [0, 0.05) is 0 Å². The lowest BCUT2D eigenvalue weighted by atomic mass is 9.97. The highest BCUT2D eigenvalue weighted by molar-refractivity contribution is 5.90. The summed E-state index contributed by atoms with van der Waals surface area (Å²) in [5, 5.41) is 29.9. The van der Waals surface area contributed by atoms with Crippen LogP contribution in [0.4, 0.5) is 13.2 Å². The third-order valence-electron chi connectivity index (χ3n) is 5.60. The van der Waals surface area contributed by atoms with Crippen LogP contribution in [0.25, 0.3) is 11.1 Å². The summed E-state index contributed by atoms with van der Waals surface area (Å²) >= 11 is 0. The van der Waals surface area contributed by atoms with Gasteiger partial charge in [0.1, 0.15) is 18.3 Å². The Hall–Kier alpha value is -3.24. The molecule has 9 heteroatoms. The van der Waals surface area contributed by atoms with Crippen molar-refractivity contribution in [2.75, 3.05) is 0 Å². The highest BCUT2D eigenvalue weighted by Crippen LogP contribution is 2.36. The van der Waals surface area contributed by atoms with Gasteiger partial charge in [-0.2, -0.15) is 13.2 Å². The first-order chi connectivity index (χ1) is 16.1. The number of halogens is 3. The maximum Gasteiger partial charge on any atom is 0.416 e. The zero-order valence-corrected chi connectivity index (χ0v) is 17.6. The summed E-state index contributed by atoms with van der Waals surface area (Å²) in [6.07, 6.45) is -12.4. The summed E-state index contributed by atoms with van der Waals surface area (Å²) in [5.74, 6) is -0.823. The van der Waals surface area contributed by atoms with E-state index in [4.69, 9.17) is 9.47 Å². The molecule has 4 rings (SSSR count). The van der Waals surface area contributed by atoms with Gasteiger partial charge in [-0.05, 0) is 41.0 Å². The molecule has 0 aliphatic carbocycles. The molecular weight excluding hydrogens is 453 g/mol. The lowest BCUT2D eigenvalue weighted by Crippen LogP contribution is -2.36. The zero-order chi connectivity index (χ0) is 24.5. The Morgan fingerprint density at radius 2 is 1.41 bits per heavy atom. The second-order valence-corrected chi connectivity index (χ2v) is 7.86. The van der Waals surface area contributed by atoms with Crippen LogP contribution >= 0.6 is 0 Å². The van der Waals surface area contributed by atoms with Crippen LogP contribution in [0.3, 0.4) is 0 Å². The third-order valence-corrected chi connectivity index (χ3v) is 5.60. The van der Waals surface area contributed by atoms with Crippen molar-refractivity contribution in [2.45, 2.75) is 36.9 Å². The molecule has 3 aromatic carbocycles. The molecule has 1 fully saturated rings. The highest BCUT2D eigenvalue weighted by atomic mass is 19.4. The molecule has 1 aliphatic rings. The average molecular weight is 474 g/mol. The molecule has 0 saturated carbocycles. The molecule has 1 saturated heterocycles. The number of benzene rings is 3. The van der Waals surface area contributed by atoms with Gasteiger partial charge in [-0.25, -0.2) is 4.79 Å². The van der Waals surface area contributed by atoms with E-state index >= 15 is 0 Å². The summed E-state index contributed by atoms with van der Waals surface area (Å²) < 4.78 is 49.6. The monoisotopic (exact) mass is 474 g/mol. The lowest BCUT2D eigenvalue weighted by Gasteiger charge is -2.26. The van der Waals surface area contributed by atoms with Gasteiger partial charge in [-0.1, -0.05) is 54.6 Å². The summed E-state index contributed by atoms with van der Waals surface area (Å²) in [5.41, 5.74) is 1.14. The van der Waals surface area contributed by atoms with Crippen molar-refractivity contribution >= 4 is 5.97 Å². The molecule has 0 amide bonds. The Balaban J connectivity index is 1.60. The smallest absolute Gasteiger partial charge is 0.416 e. The molecule has 0 spiro atoms. The fraction of sp³-hybridized carbons (Fsp3) is 0.240. The van der Waals surface area contributed by atoms with Gasteiger partial charge in [0.05, 0.1) is 11.1 Å². The molecule has 1 heterocycles. The first-order valence-corrected chi connectivity index (χ1v) is 10.4. The van der Waals surface area contributed by atoms with Gasteiger partial charge < -0.3 is 24.8 Å². The summed E-state index contributed by atoms with van der Waals surface area (Å²) in [6.45, 7) is 0. The molecule has 0 radical (unpaired) electrons. The van der Waals surface area contributed by atoms with Crippen LogP contribution in [0.1, 0.15) is 27.6 Å². The van der Waals surface area contributed by atoms with Crippen molar-refractivity contribution in [3.63, 3.8) is 0 Å². The summed E-state index contributed by atoms with van der Waals surface area (Å²) in [4.78, 5) is 12.9. The van der Waals surface area contributed by atoms with Crippen LogP contribution in [0.5, 0.6) is 0 Å². The van der Waals surface area contributed by atoms with Crippen molar-refractivity contribution in [1.29, 1.82) is 0 Å². The molecular formula is C25H21F3O6. The number of esters is 1. The Morgan fingerprint density at radius 3 is 1.94 bits per heavy atom.